The molecule has 1 N–H and O–H groups in total. The van der Waals surface area contributed by atoms with Gasteiger partial charge in [0, 0.05) is 32.2 Å². The van der Waals surface area contributed by atoms with Crippen LogP contribution in [0.25, 0.3) is 0 Å². The minimum absolute atomic E-state index is 0.100. The molecule has 1 amide bonds. The van der Waals surface area contributed by atoms with Crippen LogP contribution in [0, 0.1) is 0 Å². The van der Waals surface area contributed by atoms with Crippen LogP contribution < -0.4 is 5.32 Å². The summed E-state index contributed by atoms with van der Waals surface area (Å²) in [6.07, 6.45) is 5.59. The number of carbonyl (C=O) groups is 1. The lowest BCUT2D eigenvalue weighted by molar-refractivity contribution is -0.0743. The van der Waals surface area contributed by atoms with E-state index in [1.807, 2.05) is 18.2 Å². The first kappa shape index (κ1) is 15.6. The Morgan fingerprint density at radius 2 is 2.35 bits per heavy atom. The molecule has 0 unspecified atom stereocenters. The second-order valence-corrected chi connectivity index (χ2v) is 5.48. The highest BCUT2D eigenvalue weighted by molar-refractivity contribution is 5.91. The summed E-state index contributed by atoms with van der Waals surface area (Å²) in [4.78, 5) is 20.6. The predicted octanol–water partition coefficient (Wildman–Crippen LogP) is 0.919. The summed E-state index contributed by atoms with van der Waals surface area (Å²) in [5, 5.41) is 3.00. The van der Waals surface area contributed by atoms with E-state index in [9.17, 15) is 4.79 Å². The van der Waals surface area contributed by atoms with Crippen molar-refractivity contribution in [1.29, 1.82) is 0 Å². The smallest absolute Gasteiger partial charge is 0.287 e. The lowest BCUT2D eigenvalue weighted by Gasteiger charge is -2.31. The second-order valence-electron chi connectivity index (χ2n) is 5.48. The molecule has 0 saturated carbocycles. The maximum absolute atomic E-state index is 12.3. The van der Waals surface area contributed by atoms with E-state index in [1.54, 1.807) is 30.2 Å². The molecule has 1 fully saturated rings. The number of hydrogen-bond donors (Lipinski definition) is 1. The van der Waals surface area contributed by atoms with Crippen molar-refractivity contribution in [1.82, 2.24) is 19.9 Å². The van der Waals surface area contributed by atoms with Crippen molar-refractivity contribution in [2.75, 3.05) is 13.2 Å². The van der Waals surface area contributed by atoms with Crippen LogP contribution in [-0.4, -0.2) is 45.8 Å². The first-order valence-corrected chi connectivity index (χ1v) is 7.61. The van der Waals surface area contributed by atoms with Crippen LogP contribution in [0.5, 0.6) is 0 Å². The number of nitrogens with zero attached hydrogens (tertiary/aromatic N) is 3. The van der Waals surface area contributed by atoms with Crippen molar-refractivity contribution < 1.29 is 14.3 Å². The van der Waals surface area contributed by atoms with Gasteiger partial charge in [0.2, 0.25) is 0 Å². The first-order valence-electron chi connectivity index (χ1n) is 7.61. The molecule has 0 aliphatic carbocycles. The first-order chi connectivity index (χ1) is 11.2. The van der Waals surface area contributed by atoms with Gasteiger partial charge in [-0.3, -0.25) is 9.78 Å². The van der Waals surface area contributed by atoms with Gasteiger partial charge in [-0.15, -0.1) is 0 Å². The molecule has 1 aliphatic rings. The molecule has 7 heteroatoms. The van der Waals surface area contributed by atoms with E-state index in [0.29, 0.717) is 32.1 Å². The van der Waals surface area contributed by atoms with Gasteiger partial charge >= 0.3 is 0 Å². The number of aromatic nitrogens is 3. The number of imidazole rings is 1. The Kier molecular flexibility index (Phi) is 4.99. The zero-order valence-corrected chi connectivity index (χ0v) is 13.0. The Morgan fingerprint density at radius 3 is 3.09 bits per heavy atom. The average Bonchev–Trinajstić information content (AvgIpc) is 3.01. The predicted molar refractivity (Wildman–Crippen MR) is 82.7 cm³/mol. The number of pyridine rings is 1. The molecule has 3 rings (SSSR count). The quantitative estimate of drug-likeness (QED) is 0.887. The van der Waals surface area contributed by atoms with Crippen LogP contribution in [0.4, 0.5) is 0 Å². The highest BCUT2D eigenvalue weighted by atomic mass is 16.5. The molecule has 3 heterocycles. The van der Waals surface area contributed by atoms with E-state index in [4.69, 9.17) is 9.47 Å². The Bertz CT molecular complexity index is 644. The van der Waals surface area contributed by atoms with Crippen LogP contribution in [0.15, 0.2) is 36.8 Å². The third-order valence-electron chi connectivity index (χ3n) is 3.82. The van der Waals surface area contributed by atoms with Crippen LogP contribution in [0.3, 0.4) is 0 Å². The summed E-state index contributed by atoms with van der Waals surface area (Å²) in [5.74, 6) is 0.191. The number of hydrogen-bond acceptors (Lipinski definition) is 5. The molecule has 122 valence electrons. The van der Waals surface area contributed by atoms with E-state index in [0.717, 1.165) is 5.69 Å². The lowest BCUT2D eigenvalue weighted by atomic mass is 10.1. The maximum atomic E-state index is 12.3. The van der Waals surface area contributed by atoms with Gasteiger partial charge in [0.25, 0.3) is 5.91 Å². The molecule has 23 heavy (non-hydrogen) atoms. The van der Waals surface area contributed by atoms with E-state index < -0.39 is 0 Å². The Labute approximate surface area is 134 Å². The summed E-state index contributed by atoms with van der Waals surface area (Å²) in [6, 6.07) is 5.59. The van der Waals surface area contributed by atoms with E-state index in [1.165, 1.54) is 0 Å². The largest absolute Gasteiger partial charge is 0.379 e. The van der Waals surface area contributed by atoms with Crippen molar-refractivity contribution in [3.63, 3.8) is 0 Å². The Hall–Kier alpha value is -2.25. The maximum Gasteiger partial charge on any atom is 0.287 e. The van der Waals surface area contributed by atoms with Crippen LogP contribution in [0.1, 0.15) is 22.7 Å². The van der Waals surface area contributed by atoms with Crippen molar-refractivity contribution in [2.24, 2.45) is 7.05 Å². The van der Waals surface area contributed by atoms with E-state index in [2.05, 4.69) is 15.3 Å². The third-order valence-corrected chi connectivity index (χ3v) is 3.82. The van der Waals surface area contributed by atoms with Crippen molar-refractivity contribution in [3.05, 3.63) is 48.3 Å². The summed E-state index contributed by atoms with van der Waals surface area (Å²) in [5.41, 5.74) is 0.854. The standard InChI is InChI=1S/C16H20N4O3/c1-20-8-7-18-15(20)16(21)19-13-5-9-22-11-14(13)23-10-12-4-2-3-6-17-12/h2-4,6-8,13-14H,5,9-11H2,1H3,(H,19,21)/t13-,14-/m1/s1. The minimum Gasteiger partial charge on any atom is -0.379 e. The van der Waals surface area contributed by atoms with Crippen LogP contribution in [-0.2, 0) is 23.1 Å². The fourth-order valence-electron chi connectivity index (χ4n) is 2.53. The normalized spacial score (nSPS) is 21.1. The molecule has 2 aromatic heterocycles. The number of ether oxygens (including phenoxy) is 2. The van der Waals surface area contributed by atoms with Gasteiger partial charge in [-0.2, -0.15) is 0 Å². The van der Waals surface area contributed by atoms with E-state index in [-0.39, 0.29) is 18.1 Å². The number of rotatable bonds is 5. The fraction of sp³-hybridized carbons (Fsp3) is 0.438. The molecular weight excluding hydrogens is 296 g/mol. The lowest BCUT2D eigenvalue weighted by Crippen LogP contribution is -2.50. The Balaban J connectivity index is 1.60. The molecular formula is C16H20N4O3. The second kappa shape index (κ2) is 7.34. The summed E-state index contributed by atoms with van der Waals surface area (Å²) >= 11 is 0. The minimum atomic E-state index is -0.199. The van der Waals surface area contributed by atoms with Gasteiger partial charge in [0.05, 0.1) is 24.9 Å². The highest BCUT2D eigenvalue weighted by Gasteiger charge is 2.29. The van der Waals surface area contributed by atoms with E-state index >= 15 is 0 Å². The fourth-order valence-corrected chi connectivity index (χ4v) is 2.53. The van der Waals surface area contributed by atoms with Gasteiger partial charge in [0.1, 0.15) is 6.10 Å². The number of carbonyl (C=O) groups excluding carboxylic acids is 1. The summed E-state index contributed by atoms with van der Waals surface area (Å²) in [6.45, 7) is 1.46. The van der Waals surface area contributed by atoms with Gasteiger partial charge in [-0.1, -0.05) is 6.07 Å². The number of aryl methyl sites for hydroxylation is 1. The van der Waals surface area contributed by atoms with Crippen molar-refractivity contribution in [2.45, 2.75) is 25.2 Å². The average molecular weight is 316 g/mol. The van der Waals surface area contributed by atoms with Gasteiger partial charge in [0.15, 0.2) is 5.82 Å². The third kappa shape index (κ3) is 3.94. The van der Waals surface area contributed by atoms with Gasteiger partial charge < -0.3 is 19.4 Å². The SMILES string of the molecule is Cn1ccnc1C(=O)N[C@@H]1CCOC[C@H]1OCc1ccccn1. The van der Waals surface area contributed by atoms with Crippen molar-refractivity contribution in [3.8, 4) is 0 Å². The topological polar surface area (TPSA) is 78.3 Å². The molecule has 2 atom stereocenters. The highest BCUT2D eigenvalue weighted by Crippen LogP contribution is 2.14. The molecule has 0 spiro atoms. The molecule has 0 radical (unpaired) electrons. The number of nitrogens with one attached hydrogen (secondary N) is 1. The number of amides is 1. The molecule has 1 saturated heterocycles. The molecule has 0 bridgehead atoms. The zero-order valence-electron chi connectivity index (χ0n) is 13.0. The summed E-state index contributed by atoms with van der Waals surface area (Å²) in [7, 11) is 1.79. The van der Waals surface area contributed by atoms with Crippen molar-refractivity contribution >= 4 is 5.91 Å². The monoisotopic (exact) mass is 316 g/mol. The molecule has 7 nitrogen and oxygen atoms in total. The van der Waals surface area contributed by atoms with Gasteiger partial charge in [-0.25, -0.2) is 4.98 Å². The van der Waals surface area contributed by atoms with Crippen LogP contribution in [0.2, 0.25) is 0 Å². The Morgan fingerprint density at radius 1 is 1.43 bits per heavy atom. The zero-order chi connectivity index (χ0) is 16.1. The summed E-state index contributed by atoms with van der Waals surface area (Å²) < 4.78 is 13.1. The molecule has 1 aliphatic heterocycles. The molecule has 2 aromatic rings. The molecule has 0 aromatic carbocycles. The van der Waals surface area contributed by atoms with Gasteiger partial charge in [-0.05, 0) is 18.6 Å². The van der Waals surface area contributed by atoms with Crippen LogP contribution >= 0.6 is 0 Å².